The van der Waals surface area contributed by atoms with Gasteiger partial charge in [-0.1, -0.05) is 90.3 Å². The highest BCUT2D eigenvalue weighted by atomic mass is 16.5. The van der Waals surface area contributed by atoms with Crippen molar-refractivity contribution < 1.29 is 68.9 Å². The van der Waals surface area contributed by atoms with Crippen LogP contribution in [-0.4, -0.2) is 84.4 Å². The molecule has 11 unspecified atom stereocenters. The summed E-state index contributed by atoms with van der Waals surface area (Å²) >= 11 is 0. The summed E-state index contributed by atoms with van der Waals surface area (Å²) in [6, 6.07) is 0. The van der Waals surface area contributed by atoms with Crippen molar-refractivity contribution in [2.24, 2.45) is 53.3 Å². The van der Waals surface area contributed by atoms with Gasteiger partial charge in [0.1, 0.15) is 11.9 Å². The Labute approximate surface area is 382 Å². The van der Waals surface area contributed by atoms with Gasteiger partial charge in [-0.3, -0.25) is 33.6 Å². The molecule has 0 aliphatic rings. The fourth-order valence-corrected chi connectivity index (χ4v) is 8.31. The molecule has 0 fully saturated rings. The number of hydrogen-bond acceptors (Lipinski definition) is 9. The molecule has 0 spiro atoms. The molecule has 14 heteroatoms. The second kappa shape index (κ2) is 32.3. The van der Waals surface area contributed by atoms with Crippen molar-refractivity contribution in [1.29, 1.82) is 0 Å². The van der Waals surface area contributed by atoms with Crippen molar-refractivity contribution in [3.05, 3.63) is 35.5 Å². The molecule has 0 bridgehead atoms. The summed E-state index contributed by atoms with van der Waals surface area (Å²) in [5, 5.41) is 57.5. The van der Waals surface area contributed by atoms with Gasteiger partial charge in [0.25, 0.3) is 0 Å². The molecule has 0 aromatic heterocycles. The number of aliphatic hydroxyl groups excluding tert-OH is 1. The molecule has 0 heterocycles. The molecule has 0 saturated heterocycles. The van der Waals surface area contributed by atoms with Crippen LogP contribution in [0.5, 0.6) is 0 Å². The number of rotatable bonds is 37. The summed E-state index contributed by atoms with van der Waals surface area (Å²) in [5.41, 5.74) is 2.21. The fourth-order valence-electron chi connectivity index (χ4n) is 8.31. The molecule has 14 nitrogen and oxygen atoms in total. The Morgan fingerprint density at radius 2 is 1.20 bits per heavy atom. The molecular weight excluding hydrogens is 825 g/mol. The average molecular weight is 907 g/mol. The third kappa shape index (κ3) is 27.8. The zero-order chi connectivity index (χ0) is 49.1. The maximum atomic E-state index is 12.9. The normalized spacial score (nSPS) is 17.5. The largest absolute Gasteiger partial charge is 0.481 e. The lowest BCUT2D eigenvalue weighted by Crippen LogP contribution is -2.28. The second-order valence-corrected chi connectivity index (χ2v) is 18.8. The number of aliphatic carboxylic acids is 5. The predicted octanol–water partition coefficient (Wildman–Crippen LogP) is 10.0. The molecule has 366 valence electrons. The molecule has 0 aromatic carbocycles. The maximum Gasteiger partial charge on any atom is 0.307 e. The van der Waals surface area contributed by atoms with Crippen LogP contribution < -0.4 is 0 Å². The molecular formula is C50H82O14. The number of carbonyl (C=O) groups is 7. The van der Waals surface area contributed by atoms with Gasteiger partial charge in [-0.05, 0) is 115 Å². The molecule has 0 aliphatic heterocycles. The second-order valence-electron chi connectivity index (χ2n) is 18.8. The lowest BCUT2D eigenvalue weighted by molar-refractivity contribution is -0.157. The van der Waals surface area contributed by atoms with Crippen LogP contribution in [-0.2, 0) is 38.3 Å². The Morgan fingerprint density at radius 3 is 1.77 bits per heavy atom. The minimum absolute atomic E-state index is 0.0610. The van der Waals surface area contributed by atoms with Crippen molar-refractivity contribution in [2.45, 2.75) is 184 Å². The van der Waals surface area contributed by atoms with Crippen molar-refractivity contribution >= 4 is 41.6 Å². The summed E-state index contributed by atoms with van der Waals surface area (Å²) in [7, 11) is 0. The molecule has 6 N–H and O–H groups in total. The van der Waals surface area contributed by atoms with Crippen LogP contribution in [0.25, 0.3) is 0 Å². The van der Waals surface area contributed by atoms with Crippen molar-refractivity contribution in [3.8, 4) is 0 Å². The van der Waals surface area contributed by atoms with Gasteiger partial charge in [-0.2, -0.15) is 0 Å². The van der Waals surface area contributed by atoms with Gasteiger partial charge < -0.3 is 35.4 Å². The molecule has 0 radical (unpaired) electrons. The predicted molar refractivity (Wildman–Crippen MR) is 245 cm³/mol. The first kappa shape index (κ1) is 59.7. The topological polar surface area (TPSA) is 250 Å². The van der Waals surface area contributed by atoms with E-state index in [4.69, 9.17) is 14.9 Å². The zero-order valence-electron chi connectivity index (χ0n) is 40.1. The van der Waals surface area contributed by atoms with Crippen LogP contribution in [0.1, 0.15) is 171 Å². The lowest BCUT2D eigenvalue weighted by Gasteiger charge is -2.26. The minimum Gasteiger partial charge on any atom is -0.481 e. The van der Waals surface area contributed by atoms with E-state index in [0.29, 0.717) is 57.8 Å². The summed E-state index contributed by atoms with van der Waals surface area (Å²) in [6.45, 7) is 17.6. The van der Waals surface area contributed by atoms with Crippen LogP contribution in [0, 0.1) is 53.3 Å². The summed E-state index contributed by atoms with van der Waals surface area (Å²) in [4.78, 5) is 82.3. The standard InChI is InChI=1S/C50H82O14/c1-10-39(27-38(9)48(58)59)43(51)22-19-32(3)23-34(5)24-35(6)25-37(8)47(57)36(7)20-21-42(64-46(56)30-41(50(62)63)29-45(54)55)16-14-12-11-13-15-31(2)17-18-33(4)26-40(49(60)61)28-44(52)53/h13,15,23,25,31,33-34,36-42,47,57H,10-12,14,16-22,24,26-30H2,1-9H3,(H,52,53)(H,54,55)(H,58,59)(H,60,61)(H,62,63)/b15-13+,32-23+,35-25+. The third-order valence-electron chi connectivity index (χ3n) is 12.3. The number of aliphatic hydroxyl groups is 1. The first-order valence-electron chi connectivity index (χ1n) is 23.4. The summed E-state index contributed by atoms with van der Waals surface area (Å²) < 4.78 is 5.76. The highest BCUT2D eigenvalue weighted by Crippen LogP contribution is 2.27. The van der Waals surface area contributed by atoms with Gasteiger partial charge >= 0.3 is 35.8 Å². The number of carbonyl (C=O) groups excluding carboxylic acids is 2. The van der Waals surface area contributed by atoms with Crippen LogP contribution in [0.15, 0.2) is 35.5 Å². The van der Waals surface area contributed by atoms with Gasteiger partial charge in [0.05, 0.1) is 43.1 Å². The van der Waals surface area contributed by atoms with Gasteiger partial charge in [0.15, 0.2) is 0 Å². The van der Waals surface area contributed by atoms with Crippen LogP contribution in [0.4, 0.5) is 0 Å². The third-order valence-corrected chi connectivity index (χ3v) is 12.3. The van der Waals surface area contributed by atoms with E-state index in [-0.39, 0.29) is 41.3 Å². The molecule has 0 aliphatic carbocycles. The Hall–Kier alpha value is -4.33. The van der Waals surface area contributed by atoms with Crippen LogP contribution >= 0.6 is 0 Å². The van der Waals surface area contributed by atoms with Gasteiger partial charge in [0.2, 0.25) is 0 Å². The number of carboxylic acids is 5. The van der Waals surface area contributed by atoms with E-state index in [1.807, 2.05) is 41.5 Å². The highest BCUT2D eigenvalue weighted by molar-refractivity contribution is 5.83. The average Bonchev–Trinajstić information content (AvgIpc) is 3.19. The van der Waals surface area contributed by atoms with Crippen molar-refractivity contribution in [3.63, 3.8) is 0 Å². The quantitative estimate of drug-likeness (QED) is 0.0193. The van der Waals surface area contributed by atoms with E-state index in [9.17, 15) is 54.0 Å². The van der Waals surface area contributed by atoms with Crippen molar-refractivity contribution in [1.82, 2.24) is 0 Å². The molecule has 64 heavy (non-hydrogen) atoms. The number of Topliss-reactive ketones (excluding diaryl/α,β-unsaturated/α-hetero) is 1. The molecule has 0 rings (SSSR count). The van der Waals surface area contributed by atoms with E-state index in [0.717, 1.165) is 43.3 Å². The maximum absolute atomic E-state index is 12.9. The number of esters is 1. The minimum atomic E-state index is -1.41. The Bertz CT molecular complexity index is 1560. The van der Waals surface area contributed by atoms with Crippen molar-refractivity contribution in [2.75, 3.05) is 0 Å². The number of carboxylic acid groups (broad SMARTS) is 5. The fraction of sp³-hybridized carbons (Fsp3) is 0.740. The lowest BCUT2D eigenvalue weighted by atomic mass is 9.86. The molecule has 0 aromatic rings. The molecule has 11 atom stereocenters. The molecule has 0 amide bonds. The number of ether oxygens (including phenoxy) is 1. The molecule has 0 saturated carbocycles. The van der Waals surface area contributed by atoms with E-state index in [2.05, 4.69) is 38.2 Å². The Kier molecular flexibility index (Phi) is 30.2. The summed E-state index contributed by atoms with van der Waals surface area (Å²) in [6.07, 6.45) is 13.8. The van der Waals surface area contributed by atoms with E-state index >= 15 is 0 Å². The van der Waals surface area contributed by atoms with Gasteiger partial charge in [-0.25, -0.2) is 0 Å². The first-order valence-corrected chi connectivity index (χ1v) is 23.4. The smallest absolute Gasteiger partial charge is 0.307 e. The Morgan fingerprint density at radius 1 is 0.594 bits per heavy atom. The summed E-state index contributed by atoms with van der Waals surface area (Å²) in [5.74, 6) is -9.49. The zero-order valence-corrected chi connectivity index (χ0v) is 40.1. The van der Waals surface area contributed by atoms with E-state index in [1.165, 1.54) is 0 Å². The number of hydrogen-bond donors (Lipinski definition) is 6. The van der Waals surface area contributed by atoms with Gasteiger partial charge in [0, 0.05) is 18.3 Å². The highest BCUT2D eigenvalue weighted by Gasteiger charge is 2.28. The Balaban J connectivity index is 5.38. The van der Waals surface area contributed by atoms with Crippen LogP contribution in [0.2, 0.25) is 0 Å². The SMILES string of the molecule is CCC(CC(C)C(=O)O)C(=O)CC/C(C)=C/C(C)C/C(C)=C/C(C)C(O)C(C)CCC(CCCC/C=C/C(C)CCC(C)CC(CC(=O)O)C(=O)O)OC(=O)CC(CC(=O)O)C(=O)O. The number of ketones is 1. The number of unbranched alkanes of at least 4 members (excludes halogenated alkanes) is 2. The monoisotopic (exact) mass is 907 g/mol. The van der Waals surface area contributed by atoms with Gasteiger partial charge in [-0.15, -0.1) is 0 Å². The van der Waals surface area contributed by atoms with E-state index in [1.54, 1.807) is 6.92 Å². The van der Waals surface area contributed by atoms with Crippen LogP contribution in [0.3, 0.4) is 0 Å². The number of allylic oxidation sites excluding steroid dienone is 5. The first-order chi connectivity index (χ1) is 29.9. The van der Waals surface area contributed by atoms with E-state index < -0.39 is 85.0 Å².